The first-order valence-electron chi connectivity index (χ1n) is 10.1. The number of likely N-dealkylation sites (N-methyl/N-ethyl adjacent to an activating group) is 1. The molecule has 0 saturated carbocycles. The third kappa shape index (κ3) is 7.37. The van der Waals surface area contributed by atoms with Gasteiger partial charge in [0.05, 0.1) is 11.4 Å². The summed E-state index contributed by atoms with van der Waals surface area (Å²) in [6, 6.07) is 7.45. The van der Waals surface area contributed by atoms with Gasteiger partial charge in [-0.05, 0) is 38.4 Å². The highest BCUT2D eigenvalue weighted by molar-refractivity contribution is 14.0. The molecule has 9 heteroatoms. The van der Waals surface area contributed by atoms with Gasteiger partial charge in [0, 0.05) is 38.8 Å². The summed E-state index contributed by atoms with van der Waals surface area (Å²) in [4.78, 5) is 7.14. The minimum atomic E-state index is -3.52. The van der Waals surface area contributed by atoms with Crippen molar-refractivity contribution in [1.29, 1.82) is 0 Å². The molecule has 0 spiro atoms. The summed E-state index contributed by atoms with van der Waals surface area (Å²) in [5.41, 5.74) is 0.718. The molecule has 0 aliphatic carbocycles. The van der Waals surface area contributed by atoms with Gasteiger partial charge in [-0.3, -0.25) is 0 Å². The number of aliphatic imine (C=N–C) groups is 1. The zero-order valence-corrected chi connectivity index (χ0v) is 21.3. The van der Waals surface area contributed by atoms with Crippen molar-refractivity contribution in [3.05, 3.63) is 29.8 Å². The Morgan fingerprint density at radius 3 is 2.34 bits per heavy atom. The Morgan fingerprint density at radius 1 is 1.14 bits per heavy atom. The molecule has 1 aromatic rings. The van der Waals surface area contributed by atoms with Gasteiger partial charge in [-0.2, -0.15) is 4.31 Å². The second kappa shape index (κ2) is 12.1. The van der Waals surface area contributed by atoms with E-state index in [0.29, 0.717) is 36.4 Å². The van der Waals surface area contributed by atoms with E-state index in [1.165, 1.54) is 0 Å². The molecule has 0 amide bonds. The molecule has 1 aliphatic heterocycles. The summed E-state index contributed by atoms with van der Waals surface area (Å²) in [7, 11) is -1.50. The van der Waals surface area contributed by atoms with E-state index < -0.39 is 10.0 Å². The predicted molar refractivity (Wildman–Crippen MR) is 130 cm³/mol. The maximum absolute atomic E-state index is 13.2. The molecule has 1 fully saturated rings. The van der Waals surface area contributed by atoms with Crippen molar-refractivity contribution < 1.29 is 8.42 Å². The molecule has 7 nitrogen and oxygen atoms in total. The average molecular weight is 538 g/mol. The number of hydrogen-bond donors (Lipinski definition) is 2. The van der Waals surface area contributed by atoms with Crippen LogP contribution in [0.3, 0.4) is 0 Å². The summed E-state index contributed by atoms with van der Waals surface area (Å²) >= 11 is 0. The second-order valence-electron chi connectivity index (χ2n) is 7.69. The van der Waals surface area contributed by atoms with Crippen LogP contribution in [0.25, 0.3) is 0 Å². The van der Waals surface area contributed by atoms with Gasteiger partial charge < -0.3 is 15.5 Å². The summed E-state index contributed by atoms with van der Waals surface area (Å²) in [5.74, 6) is 1.17. The van der Waals surface area contributed by atoms with Gasteiger partial charge in [0.25, 0.3) is 0 Å². The van der Waals surface area contributed by atoms with Crippen LogP contribution in [-0.2, 0) is 16.6 Å². The second-order valence-corrected chi connectivity index (χ2v) is 9.59. The normalized spacial score (nSPS) is 17.7. The minimum absolute atomic E-state index is 0. The van der Waals surface area contributed by atoms with E-state index in [2.05, 4.69) is 41.3 Å². The SMILES string of the molecule is CCNC(=NCc1ccccc1S(=O)(=O)N1CCN(C)CC1)NC(C)C(C)C.I. The number of benzene rings is 1. The Morgan fingerprint density at radius 2 is 1.76 bits per heavy atom. The van der Waals surface area contributed by atoms with E-state index in [-0.39, 0.29) is 30.0 Å². The van der Waals surface area contributed by atoms with Crippen molar-refractivity contribution in [3.8, 4) is 0 Å². The van der Waals surface area contributed by atoms with Crippen LogP contribution < -0.4 is 10.6 Å². The Labute approximate surface area is 193 Å². The van der Waals surface area contributed by atoms with E-state index in [4.69, 9.17) is 0 Å². The van der Waals surface area contributed by atoms with Crippen LogP contribution in [0.2, 0.25) is 0 Å². The van der Waals surface area contributed by atoms with Crippen LogP contribution in [0.4, 0.5) is 0 Å². The molecule has 1 saturated heterocycles. The first-order chi connectivity index (χ1) is 13.3. The van der Waals surface area contributed by atoms with Crippen LogP contribution in [-0.4, -0.2) is 69.4 Å². The van der Waals surface area contributed by atoms with Crippen LogP contribution >= 0.6 is 24.0 Å². The zero-order chi connectivity index (χ0) is 20.7. The van der Waals surface area contributed by atoms with Gasteiger partial charge in [0.2, 0.25) is 10.0 Å². The number of piperazine rings is 1. The lowest BCUT2D eigenvalue weighted by Gasteiger charge is -2.32. The summed E-state index contributed by atoms with van der Waals surface area (Å²) in [6.45, 7) is 12.0. The molecule has 0 aromatic heterocycles. The van der Waals surface area contributed by atoms with Gasteiger partial charge in [-0.15, -0.1) is 24.0 Å². The van der Waals surface area contributed by atoms with Gasteiger partial charge in [0.15, 0.2) is 5.96 Å². The molecule has 1 aliphatic rings. The lowest BCUT2D eigenvalue weighted by molar-refractivity contribution is 0.222. The number of rotatable bonds is 7. The van der Waals surface area contributed by atoms with E-state index >= 15 is 0 Å². The summed E-state index contributed by atoms with van der Waals surface area (Å²) in [5, 5.41) is 6.63. The van der Waals surface area contributed by atoms with Crippen molar-refractivity contribution in [2.75, 3.05) is 39.8 Å². The fraction of sp³-hybridized carbons (Fsp3) is 0.650. The fourth-order valence-corrected chi connectivity index (χ4v) is 4.56. The van der Waals surface area contributed by atoms with Crippen molar-refractivity contribution in [2.45, 2.75) is 45.2 Å². The van der Waals surface area contributed by atoms with Gasteiger partial charge >= 0.3 is 0 Å². The number of halogens is 1. The molecule has 166 valence electrons. The van der Waals surface area contributed by atoms with E-state index in [1.54, 1.807) is 16.4 Å². The van der Waals surface area contributed by atoms with Gasteiger partial charge in [-0.1, -0.05) is 32.0 Å². The maximum atomic E-state index is 13.2. The minimum Gasteiger partial charge on any atom is -0.357 e. The Hall–Kier alpha value is -0.910. The average Bonchev–Trinajstić information content (AvgIpc) is 2.66. The lowest BCUT2D eigenvalue weighted by Crippen LogP contribution is -2.47. The van der Waals surface area contributed by atoms with Crippen molar-refractivity contribution >= 4 is 40.0 Å². The largest absolute Gasteiger partial charge is 0.357 e. The summed E-state index contributed by atoms with van der Waals surface area (Å²) in [6.07, 6.45) is 0. The van der Waals surface area contributed by atoms with Crippen molar-refractivity contribution in [1.82, 2.24) is 19.8 Å². The van der Waals surface area contributed by atoms with Crippen molar-refractivity contribution in [3.63, 3.8) is 0 Å². The molecule has 1 aromatic carbocycles. The third-order valence-corrected chi connectivity index (χ3v) is 7.17. The molecule has 1 heterocycles. The van der Waals surface area contributed by atoms with Crippen LogP contribution in [0.15, 0.2) is 34.2 Å². The van der Waals surface area contributed by atoms with Gasteiger partial charge in [0.1, 0.15) is 0 Å². The quantitative estimate of drug-likeness (QED) is 0.317. The molecule has 2 N–H and O–H groups in total. The number of nitrogens with zero attached hydrogens (tertiary/aromatic N) is 3. The topological polar surface area (TPSA) is 77.0 Å². The molecule has 29 heavy (non-hydrogen) atoms. The highest BCUT2D eigenvalue weighted by Gasteiger charge is 2.29. The predicted octanol–water partition coefficient (Wildman–Crippen LogP) is 2.34. The number of nitrogens with one attached hydrogen (secondary N) is 2. The van der Waals surface area contributed by atoms with Gasteiger partial charge in [-0.25, -0.2) is 13.4 Å². The van der Waals surface area contributed by atoms with Crippen LogP contribution in [0.1, 0.15) is 33.3 Å². The van der Waals surface area contributed by atoms with Crippen molar-refractivity contribution in [2.24, 2.45) is 10.9 Å². The first kappa shape index (κ1) is 26.1. The zero-order valence-electron chi connectivity index (χ0n) is 18.2. The Kier molecular flexibility index (Phi) is 10.9. The first-order valence-corrected chi connectivity index (χ1v) is 11.5. The van der Waals surface area contributed by atoms with E-state index in [9.17, 15) is 8.42 Å². The maximum Gasteiger partial charge on any atom is 0.243 e. The highest BCUT2D eigenvalue weighted by Crippen LogP contribution is 2.22. The molecule has 1 atom stereocenters. The van der Waals surface area contributed by atoms with Crippen LogP contribution in [0.5, 0.6) is 0 Å². The number of sulfonamides is 1. The molecular formula is C20H36IN5O2S. The Bertz CT molecular complexity index is 762. The smallest absolute Gasteiger partial charge is 0.243 e. The molecule has 0 radical (unpaired) electrons. The highest BCUT2D eigenvalue weighted by atomic mass is 127. The number of hydrogen-bond acceptors (Lipinski definition) is 4. The van der Waals surface area contributed by atoms with Crippen LogP contribution in [0, 0.1) is 5.92 Å². The monoisotopic (exact) mass is 537 g/mol. The lowest BCUT2D eigenvalue weighted by atomic mass is 10.1. The fourth-order valence-electron chi connectivity index (χ4n) is 2.92. The third-order valence-electron chi connectivity index (χ3n) is 5.17. The van der Waals surface area contributed by atoms with E-state index in [1.807, 2.05) is 26.1 Å². The summed E-state index contributed by atoms with van der Waals surface area (Å²) < 4.78 is 27.9. The molecule has 2 rings (SSSR count). The Balaban J connectivity index is 0.00000420. The molecular weight excluding hydrogens is 501 g/mol. The molecule has 1 unspecified atom stereocenters. The van der Waals surface area contributed by atoms with E-state index in [0.717, 1.165) is 25.2 Å². The molecule has 0 bridgehead atoms. The standard InChI is InChI=1S/C20H35N5O2S.HI/c1-6-21-20(23-17(4)16(2)3)22-15-18-9-7-8-10-19(18)28(26,27)25-13-11-24(5)12-14-25;/h7-10,16-17H,6,11-15H2,1-5H3,(H2,21,22,23);1H. The number of guanidine groups is 1.